The number of rotatable bonds is 7. The Bertz CT molecular complexity index is 1910. The fourth-order valence-corrected chi connectivity index (χ4v) is 7.76. The van der Waals surface area contributed by atoms with Gasteiger partial charge in [-0.05, 0) is 77.8 Å². The van der Waals surface area contributed by atoms with E-state index in [1.165, 1.54) is 6.07 Å². The minimum atomic E-state index is -4.73. The van der Waals surface area contributed by atoms with E-state index in [2.05, 4.69) is 0 Å². The smallest absolute Gasteiger partial charge is 0.340 e. The van der Waals surface area contributed by atoms with Crippen molar-refractivity contribution in [1.82, 2.24) is 0 Å². The third kappa shape index (κ3) is 5.48. The monoisotopic (exact) mass is 595 g/mol. The van der Waals surface area contributed by atoms with E-state index in [1.54, 1.807) is 0 Å². The molecule has 5 aromatic carbocycles. The standard InChI is InChI=1S/C34H28O6S2/c35-41(36,37)33-21-20-32(28-18-10-11-19-29(28)33)40-42(38,39)34-30(25-14-6-2-7-15-25)22-27(24-12-4-1-5-13-24)23-31(34)26-16-8-3-9-17-26/h1-9,12-17,20-23H,10-11,18-19H2,(H,35,36,37)/p-1. The van der Waals surface area contributed by atoms with Gasteiger partial charge in [0, 0.05) is 16.7 Å². The van der Waals surface area contributed by atoms with Gasteiger partial charge in [-0.25, -0.2) is 8.42 Å². The van der Waals surface area contributed by atoms with Crippen molar-refractivity contribution >= 4 is 20.2 Å². The van der Waals surface area contributed by atoms with Gasteiger partial charge in [-0.15, -0.1) is 0 Å². The predicted octanol–water partition coefficient (Wildman–Crippen LogP) is 7.24. The van der Waals surface area contributed by atoms with E-state index in [0.717, 1.165) is 23.6 Å². The summed E-state index contributed by atoms with van der Waals surface area (Å²) in [6, 6.07) is 34.5. The maximum Gasteiger partial charge on any atom is 0.340 e. The maximum absolute atomic E-state index is 14.4. The highest BCUT2D eigenvalue weighted by Crippen LogP contribution is 2.42. The summed E-state index contributed by atoms with van der Waals surface area (Å²) in [5.41, 5.74) is 4.91. The Labute approximate surface area is 246 Å². The average molecular weight is 596 g/mol. The minimum Gasteiger partial charge on any atom is -0.744 e. The molecule has 0 amide bonds. The van der Waals surface area contributed by atoms with Crippen molar-refractivity contribution in [2.45, 2.75) is 35.5 Å². The Morgan fingerprint density at radius 1 is 0.548 bits per heavy atom. The highest BCUT2D eigenvalue weighted by atomic mass is 32.2. The number of fused-ring (bicyclic) bond motifs is 1. The van der Waals surface area contributed by atoms with Crippen molar-refractivity contribution in [3.8, 4) is 39.1 Å². The first-order valence-electron chi connectivity index (χ1n) is 13.6. The van der Waals surface area contributed by atoms with Gasteiger partial charge >= 0.3 is 10.1 Å². The molecule has 6 rings (SSSR count). The molecule has 1 aliphatic carbocycles. The zero-order valence-corrected chi connectivity index (χ0v) is 24.2. The summed E-state index contributed by atoms with van der Waals surface area (Å²) in [7, 11) is -9.21. The van der Waals surface area contributed by atoms with Gasteiger partial charge in [-0.2, -0.15) is 8.42 Å². The Morgan fingerprint density at radius 3 is 1.52 bits per heavy atom. The van der Waals surface area contributed by atoms with Crippen LogP contribution < -0.4 is 4.18 Å². The zero-order chi connectivity index (χ0) is 29.3. The molecule has 212 valence electrons. The van der Waals surface area contributed by atoms with E-state index >= 15 is 0 Å². The molecule has 0 bridgehead atoms. The topological polar surface area (TPSA) is 101 Å². The molecule has 0 radical (unpaired) electrons. The molecule has 0 saturated heterocycles. The molecule has 0 aliphatic heterocycles. The molecule has 0 fully saturated rings. The first-order chi connectivity index (χ1) is 20.2. The Balaban J connectivity index is 1.60. The van der Waals surface area contributed by atoms with Gasteiger partial charge in [0.1, 0.15) is 20.8 Å². The third-order valence-corrected chi connectivity index (χ3v) is 9.79. The second-order valence-corrected chi connectivity index (χ2v) is 13.0. The number of hydrogen-bond acceptors (Lipinski definition) is 6. The zero-order valence-electron chi connectivity index (χ0n) is 22.6. The van der Waals surface area contributed by atoms with E-state index in [-0.39, 0.29) is 15.5 Å². The summed E-state index contributed by atoms with van der Waals surface area (Å²) in [6.45, 7) is 0. The molecule has 0 saturated carbocycles. The Morgan fingerprint density at radius 2 is 1.02 bits per heavy atom. The first-order valence-corrected chi connectivity index (χ1v) is 16.4. The van der Waals surface area contributed by atoms with Gasteiger partial charge in [0.2, 0.25) is 0 Å². The first kappa shape index (κ1) is 27.9. The van der Waals surface area contributed by atoms with E-state index < -0.39 is 20.2 Å². The number of hydrogen-bond donors (Lipinski definition) is 0. The van der Waals surface area contributed by atoms with Crippen LogP contribution in [0.2, 0.25) is 0 Å². The minimum absolute atomic E-state index is 0.00432. The lowest BCUT2D eigenvalue weighted by Crippen LogP contribution is -2.17. The quantitative estimate of drug-likeness (QED) is 0.145. The highest BCUT2D eigenvalue weighted by Gasteiger charge is 2.30. The second-order valence-electron chi connectivity index (χ2n) is 10.2. The summed E-state index contributed by atoms with van der Waals surface area (Å²) >= 11 is 0. The van der Waals surface area contributed by atoms with Crippen LogP contribution in [0.1, 0.15) is 24.0 Å². The van der Waals surface area contributed by atoms with Crippen molar-refractivity contribution < 1.29 is 25.6 Å². The van der Waals surface area contributed by atoms with Gasteiger partial charge in [0.25, 0.3) is 0 Å². The van der Waals surface area contributed by atoms with Crippen molar-refractivity contribution in [3.63, 3.8) is 0 Å². The Kier molecular flexibility index (Phi) is 7.45. The fraction of sp³-hybridized carbons (Fsp3) is 0.118. The van der Waals surface area contributed by atoms with Crippen LogP contribution in [0.4, 0.5) is 0 Å². The summed E-state index contributed by atoms with van der Waals surface area (Å²) in [5.74, 6) is 0.0438. The SMILES string of the molecule is O=S(=O)([O-])c1ccc(OS(=O)(=O)c2c(-c3ccccc3)cc(-c3ccccc3)cc2-c2ccccc2)c2c1CCCC2. The largest absolute Gasteiger partial charge is 0.744 e. The van der Waals surface area contributed by atoms with Crippen LogP contribution >= 0.6 is 0 Å². The fourth-order valence-electron chi connectivity index (χ4n) is 5.63. The maximum atomic E-state index is 14.4. The molecule has 0 atom stereocenters. The van der Waals surface area contributed by atoms with Gasteiger partial charge in [-0.3, -0.25) is 0 Å². The van der Waals surface area contributed by atoms with Crippen molar-refractivity contribution in [1.29, 1.82) is 0 Å². The van der Waals surface area contributed by atoms with E-state index in [4.69, 9.17) is 4.18 Å². The van der Waals surface area contributed by atoms with Crippen molar-refractivity contribution in [2.75, 3.05) is 0 Å². The highest BCUT2D eigenvalue weighted by molar-refractivity contribution is 7.87. The summed E-state index contributed by atoms with van der Waals surface area (Å²) in [5, 5.41) is 0. The van der Waals surface area contributed by atoms with Crippen LogP contribution in [0.15, 0.2) is 125 Å². The molecule has 0 heterocycles. The van der Waals surface area contributed by atoms with Gasteiger partial charge < -0.3 is 8.74 Å². The molecular formula is C34H27O6S2-. The van der Waals surface area contributed by atoms with Crippen LogP contribution in [-0.4, -0.2) is 21.4 Å². The van der Waals surface area contributed by atoms with Gasteiger partial charge in [0.05, 0.1) is 4.90 Å². The average Bonchev–Trinajstić information content (AvgIpc) is 3.01. The molecule has 0 aromatic heterocycles. The van der Waals surface area contributed by atoms with Crippen LogP contribution in [0, 0.1) is 0 Å². The normalized spacial score (nSPS) is 13.4. The molecule has 42 heavy (non-hydrogen) atoms. The molecule has 0 unspecified atom stereocenters. The van der Waals surface area contributed by atoms with Gasteiger partial charge in [-0.1, -0.05) is 91.0 Å². The molecular weight excluding hydrogens is 569 g/mol. The molecule has 0 spiro atoms. The lowest BCUT2D eigenvalue weighted by Gasteiger charge is -2.24. The van der Waals surface area contributed by atoms with Crippen LogP contribution in [0.3, 0.4) is 0 Å². The van der Waals surface area contributed by atoms with Gasteiger partial charge in [0.15, 0.2) is 0 Å². The van der Waals surface area contributed by atoms with E-state index in [0.29, 0.717) is 52.6 Å². The third-order valence-electron chi connectivity index (χ3n) is 7.53. The lowest BCUT2D eigenvalue weighted by atomic mass is 9.91. The molecule has 8 heteroatoms. The van der Waals surface area contributed by atoms with Crippen molar-refractivity contribution in [3.05, 3.63) is 126 Å². The summed E-state index contributed by atoms with van der Waals surface area (Å²) in [4.78, 5) is -0.311. The second kappa shape index (κ2) is 11.2. The predicted molar refractivity (Wildman–Crippen MR) is 162 cm³/mol. The van der Waals surface area contributed by atoms with Crippen LogP contribution in [-0.2, 0) is 33.1 Å². The molecule has 5 aromatic rings. The summed E-state index contributed by atoms with van der Waals surface area (Å²) in [6.07, 6.45) is 2.19. The Hall–Kier alpha value is -4.24. The van der Waals surface area contributed by atoms with Crippen molar-refractivity contribution in [2.24, 2.45) is 0 Å². The lowest BCUT2D eigenvalue weighted by molar-refractivity contribution is 0.459. The summed E-state index contributed by atoms with van der Waals surface area (Å²) < 4.78 is 70.6. The van der Waals surface area contributed by atoms with Crippen LogP contribution in [0.5, 0.6) is 5.75 Å². The molecule has 6 nitrogen and oxygen atoms in total. The van der Waals surface area contributed by atoms with E-state index in [1.807, 2.05) is 103 Å². The van der Waals surface area contributed by atoms with E-state index in [9.17, 15) is 21.4 Å². The molecule has 0 N–H and O–H groups in total. The van der Waals surface area contributed by atoms with Crippen LogP contribution in [0.25, 0.3) is 33.4 Å². The molecule has 1 aliphatic rings. The number of benzene rings is 5.